The highest BCUT2D eigenvalue weighted by atomic mass is 16.5. The van der Waals surface area contributed by atoms with Gasteiger partial charge in [-0.15, -0.1) is 0 Å². The summed E-state index contributed by atoms with van der Waals surface area (Å²) >= 11 is 0. The molecule has 1 saturated heterocycles. The number of rotatable bonds is 4. The highest BCUT2D eigenvalue weighted by Crippen LogP contribution is 2.42. The van der Waals surface area contributed by atoms with Crippen molar-refractivity contribution in [1.29, 1.82) is 5.26 Å². The van der Waals surface area contributed by atoms with Crippen LogP contribution in [0, 0.1) is 11.3 Å². The van der Waals surface area contributed by atoms with Gasteiger partial charge in [-0.25, -0.2) is 0 Å². The van der Waals surface area contributed by atoms with Crippen molar-refractivity contribution in [2.24, 2.45) is 0 Å². The number of aliphatic hydroxyl groups excluding tert-OH is 1. The average molecular weight is 410 g/mol. The van der Waals surface area contributed by atoms with Gasteiger partial charge in [0.05, 0.1) is 30.4 Å². The van der Waals surface area contributed by atoms with Crippen LogP contribution in [0.4, 0.5) is 5.69 Å². The number of nitrogens with zero attached hydrogens (tertiary/aromatic N) is 2. The fraction of sp³-hybridized carbons (Fsp3) is 0.0800. The molecule has 0 radical (unpaired) electrons. The number of hydrogen-bond donors (Lipinski definition) is 1. The summed E-state index contributed by atoms with van der Waals surface area (Å²) in [6, 6.07) is 23.3. The SMILES string of the molecule is COc1cccc(/C(O)=C2/C(=O)C(=O)N(c3ccc(C#N)cc3)C2c2ccccc2)c1. The van der Waals surface area contributed by atoms with E-state index in [1.165, 1.54) is 12.0 Å². The van der Waals surface area contributed by atoms with Crippen molar-refractivity contribution in [3.8, 4) is 11.8 Å². The number of hydrogen-bond acceptors (Lipinski definition) is 5. The summed E-state index contributed by atoms with van der Waals surface area (Å²) < 4.78 is 5.22. The van der Waals surface area contributed by atoms with Crippen molar-refractivity contribution < 1.29 is 19.4 Å². The molecule has 0 aliphatic carbocycles. The fourth-order valence-electron chi connectivity index (χ4n) is 3.67. The Hall–Kier alpha value is -4.37. The Morgan fingerprint density at radius 3 is 2.35 bits per heavy atom. The number of nitriles is 1. The van der Waals surface area contributed by atoms with Crippen LogP contribution >= 0.6 is 0 Å². The highest BCUT2D eigenvalue weighted by Gasteiger charge is 2.46. The summed E-state index contributed by atoms with van der Waals surface area (Å²) in [5, 5.41) is 20.2. The first-order valence-corrected chi connectivity index (χ1v) is 9.55. The standard InChI is InChI=1S/C25H18N2O4/c1-31-20-9-5-8-18(14-20)23(28)21-22(17-6-3-2-4-7-17)27(25(30)24(21)29)19-12-10-16(15-26)11-13-19/h2-14,22,28H,1H3/b23-21-. The Morgan fingerprint density at radius 2 is 1.71 bits per heavy atom. The van der Waals surface area contributed by atoms with Crippen LogP contribution < -0.4 is 9.64 Å². The molecule has 1 aliphatic rings. The van der Waals surface area contributed by atoms with Crippen molar-refractivity contribution in [2.75, 3.05) is 12.0 Å². The lowest BCUT2D eigenvalue weighted by molar-refractivity contribution is -0.132. The van der Waals surface area contributed by atoms with Crippen LogP contribution in [-0.4, -0.2) is 23.9 Å². The average Bonchev–Trinajstić information content (AvgIpc) is 3.09. The van der Waals surface area contributed by atoms with Crippen molar-refractivity contribution in [3.63, 3.8) is 0 Å². The monoisotopic (exact) mass is 410 g/mol. The van der Waals surface area contributed by atoms with E-state index in [0.717, 1.165) is 0 Å². The molecule has 1 aliphatic heterocycles. The van der Waals surface area contributed by atoms with Gasteiger partial charge in [0, 0.05) is 11.3 Å². The molecule has 6 nitrogen and oxygen atoms in total. The Kier molecular flexibility index (Phi) is 5.25. The summed E-state index contributed by atoms with van der Waals surface area (Å²) in [5.74, 6) is -1.29. The number of carbonyl (C=O) groups is 2. The molecule has 1 atom stereocenters. The van der Waals surface area contributed by atoms with Gasteiger partial charge in [-0.3, -0.25) is 14.5 Å². The molecular weight excluding hydrogens is 392 g/mol. The molecule has 6 heteroatoms. The van der Waals surface area contributed by atoms with Gasteiger partial charge in [-0.1, -0.05) is 42.5 Å². The molecule has 1 heterocycles. The van der Waals surface area contributed by atoms with Crippen molar-refractivity contribution in [1.82, 2.24) is 0 Å². The van der Waals surface area contributed by atoms with Gasteiger partial charge in [0.2, 0.25) is 0 Å². The van der Waals surface area contributed by atoms with Gasteiger partial charge in [0.1, 0.15) is 11.5 Å². The zero-order valence-corrected chi connectivity index (χ0v) is 16.6. The van der Waals surface area contributed by atoms with Gasteiger partial charge >= 0.3 is 0 Å². The number of anilines is 1. The number of ketones is 1. The predicted octanol–water partition coefficient (Wildman–Crippen LogP) is 4.19. The minimum absolute atomic E-state index is 0.00573. The van der Waals surface area contributed by atoms with Gasteiger partial charge in [0.15, 0.2) is 0 Å². The van der Waals surface area contributed by atoms with Gasteiger partial charge < -0.3 is 9.84 Å². The van der Waals surface area contributed by atoms with Crippen molar-refractivity contribution in [2.45, 2.75) is 6.04 Å². The first-order chi connectivity index (χ1) is 15.0. The third-order valence-electron chi connectivity index (χ3n) is 5.18. The molecule has 0 spiro atoms. The number of Topliss-reactive ketones (excluding diaryl/α,β-unsaturated/α-hetero) is 1. The van der Waals surface area contributed by atoms with E-state index in [1.807, 2.05) is 12.1 Å². The molecule has 0 saturated carbocycles. The third kappa shape index (κ3) is 3.53. The van der Waals surface area contributed by atoms with Crippen molar-refractivity contribution in [3.05, 3.63) is 101 Å². The quantitative estimate of drug-likeness (QED) is 0.396. The molecule has 1 amide bonds. The first kappa shape index (κ1) is 19.9. The second kappa shape index (κ2) is 8.17. The van der Waals surface area contributed by atoms with E-state index >= 15 is 0 Å². The maximum Gasteiger partial charge on any atom is 0.300 e. The lowest BCUT2D eigenvalue weighted by atomic mass is 9.95. The summed E-state index contributed by atoms with van der Waals surface area (Å²) in [5.41, 5.74) is 1.94. The number of ether oxygens (including phenoxy) is 1. The molecule has 1 unspecified atom stereocenters. The zero-order chi connectivity index (χ0) is 22.0. The smallest absolute Gasteiger partial charge is 0.300 e. The van der Waals surface area contributed by atoms with E-state index in [-0.39, 0.29) is 11.3 Å². The first-order valence-electron chi connectivity index (χ1n) is 9.55. The largest absolute Gasteiger partial charge is 0.507 e. The molecular formula is C25H18N2O4. The normalized spacial score (nSPS) is 17.4. The molecule has 152 valence electrons. The topological polar surface area (TPSA) is 90.6 Å². The van der Waals surface area contributed by atoms with Gasteiger partial charge in [-0.05, 0) is 42.0 Å². The summed E-state index contributed by atoms with van der Waals surface area (Å²) in [7, 11) is 1.51. The molecule has 0 aromatic heterocycles. The lowest BCUT2D eigenvalue weighted by Gasteiger charge is -2.25. The minimum atomic E-state index is -0.819. The van der Waals surface area contributed by atoms with Gasteiger partial charge in [-0.2, -0.15) is 5.26 Å². The Labute approximate surface area is 179 Å². The molecule has 0 bridgehead atoms. The number of amides is 1. The highest BCUT2D eigenvalue weighted by molar-refractivity contribution is 6.51. The number of methoxy groups -OCH3 is 1. The molecule has 4 rings (SSSR count). The summed E-state index contributed by atoms with van der Waals surface area (Å²) in [6.45, 7) is 0. The van der Waals surface area contributed by atoms with Crippen LogP contribution in [0.1, 0.15) is 22.7 Å². The van der Waals surface area contributed by atoms with E-state index < -0.39 is 17.7 Å². The van der Waals surface area contributed by atoms with Crippen LogP contribution in [0.15, 0.2) is 84.4 Å². The van der Waals surface area contributed by atoms with Crippen molar-refractivity contribution >= 4 is 23.1 Å². The molecule has 1 fully saturated rings. The van der Waals surface area contributed by atoms with E-state index in [0.29, 0.717) is 28.1 Å². The molecule has 1 N–H and O–H groups in total. The lowest BCUT2D eigenvalue weighted by Crippen LogP contribution is -2.29. The van der Waals surface area contributed by atoms with E-state index in [2.05, 4.69) is 0 Å². The molecule has 3 aromatic rings. The second-order valence-corrected chi connectivity index (χ2v) is 6.97. The fourth-order valence-corrected chi connectivity index (χ4v) is 3.67. The second-order valence-electron chi connectivity index (χ2n) is 6.97. The minimum Gasteiger partial charge on any atom is -0.507 e. The summed E-state index contributed by atoms with van der Waals surface area (Å²) in [6.07, 6.45) is 0. The Bertz CT molecular complexity index is 1220. The number of carbonyl (C=O) groups excluding carboxylic acids is 2. The number of aliphatic hydroxyl groups is 1. The Morgan fingerprint density at radius 1 is 1.00 bits per heavy atom. The van der Waals surface area contributed by atoms with Crippen LogP contribution in [-0.2, 0) is 9.59 Å². The maximum atomic E-state index is 13.1. The van der Waals surface area contributed by atoms with E-state index in [1.54, 1.807) is 72.8 Å². The summed E-state index contributed by atoms with van der Waals surface area (Å²) in [4.78, 5) is 27.5. The van der Waals surface area contributed by atoms with Crippen LogP contribution in [0.3, 0.4) is 0 Å². The van der Waals surface area contributed by atoms with Crippen LogP contribution in [0.5, 0.6) is 5.75 Å². The van der Waals surface area contributed by atoms with E-state index in [4.69, 9.17) is 10.00 Å². The molecule has 31 heavy (non-hydrogen) atoms. The molecule has 3 aromatic carbocycles. The predicted molar refractivity (Wildman–Crippen MR) is 115 cm³/mol. The zero-order valence-electron chi connectivity index (χ0n) is 16.6. The third-order valence-corrected chi connectivity index (χ3v) is 5.18. The maximum absolute atomic E-state index is 13.1. The Balaban J connectivity index is 1.92. The van der Waals surface area contributed by atoms with Gasteiger partial charge in [0.25, 0.3) is 11.7 Å². The van der Waals surface area contributed by atoms with Crippen LogP contribution in [0.25, 0.3) is 5.76 Å². The van der Waals surface area contributed by atoms with E-state index in [9.17, 15) is 14.7 Å². The number of benzene rings is 3. The van der Waals surface area contributed by atoms with Crippen LogP contribution in [0.2, 0.25) is 0 Å².